The van der Waals surface area contributed by atoms with Gasteiger partial charge in [-0.3, -0.25) is 9.78 Å². The second kappa shape index (κ2) is 6.81. The maximum atomic E-state index is 12.0. The summed E-state index contributed by atoms with van der Waals surface area (Å²) in [6.45, 7) is 2.58. The maximum Gasteiger partial charge on any atom is 0.224 e. The molecule has 5 heteroatoms. The largest absolute Gasteiger partial charge is 0.330 e. The van der Waals surface area contributed by atoms with Gasteiger partial charge in [-0.05, 0) is 40.5 Å². The molecule has 0 fully saturated rings. The van der Waals surface area contributed by atoms with E-state index < -0.39 is 0 Å². The highest BCUT2D eigenvalue weighted by atomic mass is 79.9. The van der Waals surface area contributed by atoms with Gasteiger partial charge in [0.05, 0.1) is 11.2 Å². The van der Waals surface area contributed by atoms with Gasteiger partial charge in [-0.2, -0.15) is 0 Å². The van der Waals surface area contributed by atoms with Crippen LogP contribution in [0.3, 0.4) is 0 Å². The zero-order valence-electron chi connectivity index (χ0n) is 11.4. The van der Waals surface area contributed by atoms with Crippen LogP contribution in [0.4, 0.5) is 5.69 Å². The number of aromatic nitrogens is 1. The number of fused-ring (bicyclic) bond motifs is 1. The number of rotatable bonds is 5. The number of anilines is 1. The Morgan fingerprint density at radius 3 is 3.00 bits per heavy atom. The standard InChI is InChI=1S/C15H18BrN3O/c1-2-10(8-17)6-14(20)19-13-5-3-4-11-7-12(16)9-18-15(11)13/h3-5,7,9-10H,2,6,8,17H2,1H3,(H,19,20). The number of amides is 1. The lowest BCUT2D eigenvalue weighted by atomic mass is 10.0. The molecule has 1 unspecified atom stereocenters. The minimum Gasteiger partial charge on any atom is -0.330 e. The van der Waals surface area contributed by atoms with E-state index in [1.165, 1.54) is 0 Å². The summed E-state index contributed by atoms with van der Waals surface area (Å²) in [4.78, 5) is 16.4. The van der Waals surface area contributed by atoms with Crippen LogP contribution in [-0.2, 0) is 4.79 Å². The summed E-state index contributed by atoms with van der Waals surface area (Å²) >= 11 is 3.40. The molecule has 0 aliphatic rings. The smallest absolute Gasteiger partial charge is 0.224 e. The van der Waals surface area contributed by atoms with Gasteiger partial charge in [-0.25, -0.2) is 0 Å². The molecule has 0 spiro atoms. The van der Waals surface area contributed by atoms with Gasteiger partial charge in [0.2, 0.25) is 5.91 Å². The Labute approximate surface area is 126 Å². The highest BCUT2D eigenvalue weighted by Crippen LogP contribution is 2.24. The van der Waals surface area contributed by atoms with Gasteiger partial charge in [0.25, 0.3) is 0 Å². The van der Waals surface area contributed by atoms with Crippen LogP contribution in [0.5, 0.6) is 0 Å². The van der Waals surface area contributed by atoms with Gasteiger partial charge in [0.1, 0.15) is 0 Å². The molecule has 2 aromatic rings. The van der Waals surface area contributed by atoms with Crippen LogP contribution in [0.2, 0.25) is 0 Å². The van der Waals surface area contributed by atoms with E-state index in [9.17, 15) is 4.79 Å². The quantitative estimate of drug-likeness (QED) is 0.880. The van der Waals surface area contributed by atoms with Crippen LogP contribution in [0, 0.1) is 5.92 Å². The summed E-state index contributed by atoms with van der Waals surface area (Å²) in [6.07, 6.45) is 3.08. The number of para-hydroxylation sites is 1. The summed E-state index contributed by atoms with van der Waals surface area (Å²) in [5.41, 5.74) is 7.17. The van der Waals surface area contributed by atoms with Crippen molar-refractivity contribution in [2.24, 2.45) is 11.7 Å². The molecule has 0 aliphatic carbocycles. The van der Waals surface area contributed by atoms with Crippen LogP contribution >= 0.6 is 15.9 Å². The normalized spacial score (nSPS) is 12.3. The Kier molecular flexibility index (Phi) is 5.09. The van der Waals surface area contributed by atoms with Crippen LogP contribution in [0.15, 0.2) is 34.9 Å². The van der Waals surface area contributed by atoms with E-state index in [1.54, 1.807) is 6.20 Å². The van der Waals surface area contributed by atoms with Crippen molar-refractivity contribution in [2.75, 3.05) is 11.9 Å². The van der Waals surface area contributed by atoms with Gasteiger partial charge in [-0.1, -0.05) is 25.5 Å². The molecule has 2 rings (SSSR count). The third-order valence-corrected chi connectivity index (χ3v) is 3.77. The number of carbonyl (C=O) groups is 1. The molecule has 0 saturated heterocycles. The highest BCUT2D eigenvalue weighted by Gasteiger charge is 2.12. The zero-order valence-corrected chi connectivity index (χ0v) is 13.0. The molecule has 1 aromatic heterocycles. The Balaban J connectivity index is 2.19. The molecule has 0 aliphatic heterocycles. The zero-order chi connectivity index (χ0) is 14.5. The molecular weight excluding hydrogens is 318 g/mol. The van der Waals surface area contributed by atoms with E-state index in [1.807, 2.05) is 31.2 Å². The molecule has 106 valence electrons. The second-order valence-electron chi connectivity index (χ2n) is 4.79. The van der Waals surface area contributed by atoms with Crippen molar-refractivity contribution in [3.8, 4) is 0 Å². The number of nitrogens with zero attached hydrogens (tertiary/aromatic N) is 1. The lowest BCUT2D eigenvalue weighted by molar-refractivity contribution is -0.117. The number of halogens is 1. The van der Waals surface area contributed by atoms with Crippen LogP contribution in [0.25, 0.3) is 10.9 Å². The van der Waals surface area contributed by atoms with Crippen LogP contribution < -0.4 is 11.1 Å². The average Bonchev–Trinajstić information content (AvgIpc) is 2.44. The summed E-state index contributed by atoms with van der Waals surface area (Å²) < 4.78 is 0.919. The van der Waals surface area contributed by atoms with E-state index >= 15 is 0 Å². The van der Waals surface area contributed by atoms with Crippen molar-refractivity contribution in [3.05, 3.63) is 34.9 Å². The maximum absolute atomic E-state index is 12.0. The molecule has 1 aromatic carbocycles. The predicted octanol–water partition coefficient (Wildman–Crippen LogP) is 3.31. The Bertz CT molecular complexity index is 611. The van der Waals surface area contributed by atoms with E-state index in [0.717, 1.165) is 27.5 Å². The predicted molar refractivity (Wildman–Crippen MR) is 85.5 cm³/mol. The lowest BCUT2D eigenvalue weighted by Gasteiger charge is -2.13. The fourth-order valence-corrected chi connectivity index (χ4v) is 2.44. The third kappa shape index (κ3) is 3.55. The minimum absolute atomic E-state index is 0.0143. The van der Waals surface area contributed by atoms with Crippen molar-refractivity contribution in [1.29, 1.82) is 0 Å². The third-order valence-electron chi connectivity index (χ3n) is 3.34. The first-order valence-electron chi connectivity index (χ1n) is 6.68. The summed E-state index contributed by atoms with van der Waals surface area (Å²) in [5.74, 6) is 0.214. The number of nitrogens with two attached hydrogens (primary N) is 1. The van der Waals surface area contributed by atoms with Gasteiger partial charge in [0.15, 0.2) is 0 Å². The van der Waals surface area contributed by atoms with Crippen LogP contribution in [-0.4, -0.2) is 17.4 Å². The number of carbonyl (C=O) groups excluding carboxylic acids is 1. The van der Waals surface area contributed by atoms with E-state index in [4.69, 9.17) is 5.73 Å². The van der Waals surface area contributed by atoms with E-state index in [2.05, 4.69) is 26.2 Å². The SMILES string of the molecule is CCC(CN)CC(=O)Nc1cccc2cc(Br)cnc12. The Morgan fingerprint density at radius 2 is 2.30 bits per heavy atom. The number of pyridine rings is 1. The molecule has 0 radical (unpaired) electrons. The first-order valence-corrected chi connectivity index (χ1v) is 7.47. The fraction of sp³-hybridized carbons (Fsp3) is 0.333. The number of benzene rings is 1. The van der Waals surface area contributed by atoms with Gasteiger partial charge in [-0.15, -0.1) is 0 Å². The number of hydrogen-bond donors (Lipinski definition) is 2. The molecule has 20 heavy (non-hydrogen) atoms. The first kappa shape index (κ1) is 14.9. The number of hydrogen-bond acceptors (Lipinski definition) is 3. The van der Waals surface area contributed by atoms with Gasteiger partial charge < -0.3 is 11.1 Å². The van der Waals surface area contributed by atoms with Gasteiger partial charge in [0, 0.05) is 22.5 Å². The van der Waals surface area contributed by atoms with Crippen molar-refractivity contribution in [2.45, 2.75) is 19.8 Å². The number of nitrogens with one attached hydrogen (secondary N) is 1. The summed E-state index contributed by atoms with van der Waals surface area (Å²) in [6, 6.07) is 7.72. The lowest BCUT2D eigenvalue weighted by Crippen LogP contribution is -2.21. The molecular formula is C15H18BrN3O. The van der Waals surface area contributed by atoms with Gasteiger partial charge >= 0.3 is 0 Å². The van der Waals surface area contributed by atoms with Crippen molar-refractivity contribution in [3.63, 3.8) is 0 Å². The molecule has 0 bridgehead atoms. The van der Waals surface area contributed by atoms with E-state index in [-0.39, 0.29) is 11.8 Å². The average molecular weight is 336 g/mol. The van der Waals surface area contributed by atoms with Crippen LogP contribution in [0.1, 0.15) is 19.8 Å². The summed E-state index contributed by atoms with van der Waals surface area (Å²) in [7, 11) is 0. The molecule has 0 saturated carbocycles. The Hall–Kier alpha value is -1.46. The molecule has 4 nitrogen and oxygen atoms in total. The van der Waals surface area contributed by atoms with Crippen molar-refractivity contribution in [1.82, 2.24) is 4.98 Å². The van der Waals surface area contributed by atoms with E-state index in [0.29, 0.717) is 13.0 Å². The molecule has 1 amide bonds. The molecule has 1 heterocycles. The molecule has 3 N–H and O–H groups in total. The van der Waals surface area contributed by atoms with Crippen molar-refractivity contribution >= 4 is 38.4 Å². The minimum atomic E-state index is -0.0143. The highest BCUT2D eigenvalue weighted by molar-refractivity contribution is 9.10. The Morgan fingerprint density at radius 1 is 1.50 bits per heavy atom. The van der Waals surface area contributed by atoms with Crippen molar-refractivity contribution < 1.29 is 4.79 Å². The topological polar surface area (TPSA) is 68.0 Å². The monoisotopic (exact) mass is 335 g/mol. The fourth-order valence-electron chi connectivity index (χ4n) is 2.09. The second-order valence-corrected chi connectivity index (χ2v) is 5.71. The summed E-state index contributed by atoms with van der Waals surface area (Å²) in [5, 5.41) is 3.92. The first-order chi connectivity index (χ1) is 9.63. The molecule has 1 atom stereocenters.